The summed E-state index contributed by atoms with van der Waals surface area (Å²) in [5.41, 5.74) is 1.27. The number of hydrogen-bond acceptors (Lipinski definition) is 0. The Kier molecular flexibility index (Phi) is 4.55. The van der Waals surface area contributed by atoms with Crippen molar-refractivity contribution in [3.8, 4) is 0 Å². The highest BCUT2D eigenvalue weighted by molar-refractivity contribution is 4.94. The molecule has 0 aliphatic rings. The smallest absolute Gasteiger partial charge is 0.178 e. The number of aromatic nitrogens is 1. The number of nitrogens with zero attached hydrogens (tertiary/aromatic N) is 1. The third-order valence-corrected chi connectivity index (χ3v) is 1.49. The Morgan fingerprint density at radius 3 is 2.82 bits per heavy atom. The van der Waals surface area contributed by atoms with Gasteiger partial charge in [-0.1, -0.05) is 12.6 Å². The maximum absolute atomic E-state index is 3.68. The van der Waals surface area contributed by atoms with Gasteiger partial charge in [-0.05, 0) is 6.08 Å². The van der Waals surface area contributed by atoms with Gasteiger partial charge in [-0.3, -0.25) is 0 Å². The Balaban J connectivity index is 0.000001000. The number of pyridine rings is 1. The van der Waals surface area contributed by atoms with E-state index in [0.29, 0.717) is 0 Å². The number of aryl methyl sites for hydroxylation is 1. The summed E-state index contributed by atoms with van der Waals surface area (Å²) in [4.78, 5) is 0. The molecule has 1 heterocycles. The zero-order valence-electron chi connectivity index (χ0n) is 6.63. The van der Waals surface area contributed by atoms with Crippen molar-refractivity contribution in [3.05, 3.63) is 42.7 Å². The molecule has 0 N–H and O–H groups in total. The molecule has 0 unspecified atom stereocenters. The third-order valence-electron chi connectivity index (χ3n) is 1.49. The monoisotopic (exact) mass is 169 g/mol. The summed E-state index contributed by atoms with van der Waals surface area (Å²) in [6.45, 7) is 6.66. The van der Waals surface area contributed by atoms with Crippen molar-refractivity contribution >= 4 is 0 Å². The molecule has 0 spiro atoms. The first-order chi connectivity index (χ1) is 4.84. The van der Waals surface area contributed by atoms with Crippen molar-refractivity contribution in [2.45, 2.75) is 13.5 Å². The number of rotatable bonds is 2. The molecule has 0 amide bonds. The summed E-state index contributed by atoms with van der Waals surface area (Å²) in [5.74, 6) is 0. The summed E-state index contributed by atoms with van der Waals surface area (Å²) in [6.07, 6.45) is 3.95. The van der Waals surface area contributed by atoms with E-state index >= 15 is 0 Å². The van der Waals surface area contributed by atoms with Crippen molar-refractivity contribution in [1.29, 1.82) is 0 Å². The molecule has 0 saturated heterocycles. The fourth-order valence-electron chi connectivity index (χ4n) is 0.906. The number of hydrogen-bond donors (Lipinski definition) is 0. The topological polar surface area (TPSA) is 3.88 Å². The van der Waals surface area contributed by atoms with Crippen LogP contribution in [-0.4, -0.2) is 0 Å². The molecule has 11 heavy (non-hydrogen) atoms. The van der Waals surface area contributed by atoms with Crippen LogP contribution in [0.2, 0.25) is 0 Å². The minimum Gasteiger partial charge on any atom is -1.00 e. The zero-order valence-corrected chi connectivity index (χ0v) is 7.38. The highest BCUT2D eigenvalue weighted by Crippen LogP contribution is 1.86. The average molecular weight is 170 g/mol. The first-order valence-electron chi connectivity index (χ1n) is 3.40. The molecular formula is C9H12ClN. The van der Waals surface area contributed by atoms with Gasteiger partial charge in [0, 0.05) is 19.1 Å². The molecule has 0 atom stereocenters. The zero-order chi connectivity index (χ0) is 7.40. The van der Waals surface area contributed by atoms with Gasteiger partial charge < -0.3 is 12.4 Å². The molecule has 0 saturated carbocycles. The van der Waals surface area contributed by atoms with Gasteiger partial charge in [-0.15, -0.1) is 0 Å². The van der Waals surface area contributed by atoms with Crippen LogP contribution >= 0.6 is 0 Å². The van der Waals surface area contributed by atoms with E-state index in [1.54, 1.807) is 0 Å². The van der Waals surface area contributed by atoms with Crippen LogP contribution in [0.4, 0.5) is 0 Å². The van der Waals surface area contributed by atoms with Crippen LogP contribution in [0.15, 0.2) is 37.1 Å². The highest BCUT2D eigenvalue weighted by Gasteiger charge is 1.98. The first kappa shape index (κ1) is 10.2. The second-order valence-electron chi connectivity index (χ2n) is 2.28. The second kappa shape index (κ2) is 4.91. The Morgan fingerprint density at radius 2 is 2.27 bits per heavy atom. The minimum atomic E-state index is 0. The van der Waals surface area contributed by atoms with Gasteiger partial charge in [-0.2, -0.15) is 4.57 Å². The lowest BCUT2D eigenvalue weighted by atomic mass is 10.3. The standard InChI is InChI=1S/C9H12N.ClH/c1-3-7-10-8-5-4-6-9(10)2;/h3-6,8H,1,7H2,2H3;1H/q+1;/p-1. The molecule has 1 rings (SSSR count). The largest absolute Gasteiger partial charge is 1.00 e. The van der Waals surface area contributed by atoms with Gasteiger partial charge in [0.2, 0.25) is 0 Å². The minimum absolute atomic E-state index is 0. The van der Waals surface area contributed by atoms with E-state index in [1.165, 1.54) is 5.69 Å². The van der Waals surface area contributed by atoms with Crippen LogP contribution in [0.25, 0.3) is 0 Å². The van der Waals surface area contributed by atoms with Crippen molar-refractivity contribution in [3.63, 3.8) is 0 Å². The molecule has 1 aromatic heterocycles. The van der Waals surface area contributed by atoms with Crippen molar-refractivity contribution in [2.75, 3.05) is 0 Å². The van der Waals surface area contributed by atoms with Gasteiger partial charge in [0.05, 0.1) is 0 Å². The second-order valence-corrected chi connectivity index (χ2v) is 2.28. The summed E-state index contributed by atoms with van der Waals surface area (Å²) < 4.78 is 2.15. The lowest BCUT2D eigenvalue weighted by molar-refractivity contribution is -0.692. The number of halogens is 1. The molecule has 60 valence electrons. The Hall–Kier alpha value is -0.820. The lowest BCUT2D eigenvalue weighted by Crippen LogP contribution is -3.00. The Labute approximate surface area is 73.8 Å². The summed E-state index contributed by atoms with van der Waals surface area (Å²) in [6, 6.07) is 6.15. The molecule has 1 nitrogen and oxygen atoms in total. The SMILES string of the molecule is C=CC[n+]1ccccc1C.[Cl-]. The quantitative estimate of drug-likeness (QED) is 0.374. The normalized spacial score (nSPS) is 8.45. The molecular weight excluding hydrogens is 158 g/mol. The summed E-state index contributed by atoms with van der Waals surface area (Å²) in [7, 11) is 0. The fourth-order valence-corrected chi connectivity index (χ4v) is 0.906. The summed E-state index contributed by atoms with van der Waals surface area (Å²) in [5, 5.41) is 0. The van der Waals surface area contributed by atoms with Gasteiger partial charge >= 0.3 is 0 Å². The molecule has 1 aromatic rings. The molecule has 2 heteroatoms. The molecule has 0 aromatic carbocycles. The van der Waals surface area contributed by atoms with Crippen molar-refractivity contribution in [1.82, 2.24) is 0 Å². The van der Waals surface area contributed by atoms with Gasteiger partial charge in [-0.25, -0.2) is 0 Å². The van der Waals surface area contributed by atoms with Crippen LogP contribution in [0, 0.1) is 6.92 Å². The fraction of sp³-hybridized carbons (Fsp3) is 0.222. The van der Waals surface area contributed by atoms with E-state index in [4.69, 9.17) is 0 Å². The van der Waals surface area contributed by atoms with Crippen LogP contribution in [0.3, 0.4) is 0 Å². The summed E-state index contributed by atoms with van der Waals surface area (Å²) >= 11 is 0. The van der Waals surface area contributed by atoms with Crippen LogP contribution in [-0.2, 0) is 6.54 Å². The maximum atomic E-state index is 3.68. The van der Waals surface area contributed by atoms with E-state index in [-0.39, 0.29) is 12.4 Å². The maximum Gasteiger partial charge on any atom is 0.178 e. The van der Waals surface area contributed by atoms with Gasteiger partial charge in [0.1, 0.15) is 0 Å². The molecule has 0 fully saturated rings. The number of allylic oxidation sites excluding steroid dienone is 1. The van der Waals surface area contributed by atoms with Crippen LogP contribution < -0.4 is 17.0 Å². The molecule has 0 aliphatic carbocycles. The Morgan fingerprint density at radius 1 is 1.55 bits per heavy atom. The lowest BCUT2D eigenvalue weighted by Gasteiger charge is -1.93. The van der Waals surface area contributed by atoms with Gasteiger partial charge in [0.15, 0.2) is 18.4 Å². The van der Waals surface area contributed by atoms with Crippen LogP contribution in [0.5, 0.6) is 0 Å². The predicted octanol–water partition coefficient (Wildman–Crippen LogP) is -1.53. The first-order valence-corrected chi connectivity index (χ1v) is 3.40. The molecule has 0 bridgehead atoms. The van der Waals surface area contributed by atoms with E-state index in [2.05, 4.69) is 30.3 Å². The average Bonchev–Trinajstić information content (AvgIpc) is 1.94. The Bertz CT molecular complexity index is 233. The molecule has 0 radical (unpaired) electrons. The molecule has 0 aliphatic heterocycles. The van der Waals surface area contributed by atoms with Gasteiger partial charge in [0.25, 0.3) is 0 Å². The third kappa shape index (κ3) is 2.72. The van der Waals surface area contributed by atoms with Crippen molar-refractivity contribution < 1.29 is 17.0 Å². The van der Waals surface area contributed by atoms with E-state index < -0.39 is 0 Å². The predicted molar refractivity (Wildman–Crippen MR) is 41.6 cm³/mol. The van der Waals surface area contributed by atoms with E-state index in [0.717, 1.165) is 6.54 Å². The van der Waals surface area contributed by atoms with Crippen LogP contribution in [0.1, 0.15) is 5.69 Å². The van der Waals surface area contributed by atoms with E-state index in [9.17, 15) is 0 Å². The van der Waals surface area contributed by atoms with E-state index in [1.807, 2.05) is 18.2 Å². The highest BCUT2D eigenvalue weighted by atomic mass is 35.5. The van der Waals surface area contributed by atoms with Crippen molar-refractivity contribution in [2.24, 2.45) is 0 Å².